The predicted octanol–water partition coefficient (Wildman–Crippen LogP) is 3.18. The van der Waals surface area contributed by atoms with Crippen LogP contribution in [0.1, 0.15) is 6.92 Å². The number of carbonyl (C=O) groups excluding carboxylic acids is 1. The molecule has 2 aromatic rings. The Morgan fingerprint density at radius 1 is 1.42 bits per heavy atom. The summed E-state index contributed by atoms with van der Waals surface area (Å²) in [7, 11) is 0. The van der Waals surface area contributed by atoms with E-state index in [-0.39, 0.29) is 5.91 Å². The molecule has 0 saturated heterocycles. The van der Waals surface area contributed by atoms with Crippen molar-refractivity contribution in [3.8, 4) is 11.6 Å². The summed E-state index contributed by atoms with van der Waals surface area (Å²) in [6, 6.07) is 8.82. The summed E-state index contributed by atoms with van der Waals surface area (Å²) in [6.07, 6.45) is 1.50. The van der Waals surface area contributed by atoms with Crippen molar-refractivity contribution in [3.05, 3.63) is 41.0 Å². The molecule has 1 amide bonds. The number of carbonyl (C=O) groups is 1. The first kappa shape index (κ1) is 13.4. The van der Waals surface area contributed by atoms with Gasteiger partial charge in [-0.2, -0.15) is 0 Å². The van der Waals surface area contributed by atoms with Gasteiger partial charge in [-0.3, -0.25) is 4.79 Å². The normalized spacial score (nSPS) is 10.0. The van der Waals surface area contributed by atoms with Crippen LogP contribution in [0.2, 0.25) is 0 Å². The molecule has 0 fully saturated rings. The lowest BCUT2D eigenvalue weighted by molar-refractivity contribution is -0.114. The molecular formula is C13H12BrN3O2. The number of ether oxygens (including phenoxy) is 1. The number of nitrogens with two attached hydrogens (primary N) is 1. The first-order valence-corrected chi connectivity index (χ1v) is 6.31. The third kappa shape index (κ3) is 3.45. The van der Waals surface area contributed by atoms with Crippen molar-refractivity contribution in [2.75, 3.05) is 11.1 Å². The van der Waals surface area contributed by atoms with Gasteiger partial charge in [0.2, 0.25) is 11.8 Å². The van der Waals surface area contributed by atoms with Crippen LogP contribution in [-0.2, 0) is 4.79 Å². The van der Waals surface area contributed by atoms with Gasteiger partial charge in [-0.25, -0.2) is 4.98 Å². The van der Waals surface area contributed by atoms with E-state index in [0.29, 0.717) is 27.5 Å². The maximum absolute atomic E-state index is 11.1. The molecule has 1 aromatic heterocycles. The summed E-state index contributed by atoms with van der Waals surface area (Å²) in [5, 5.41) is 2.69. The highest BCUT2D eigenvalue weighted by Crippen LogP contribution is 2.32. The van der Waals surface area contributed by atoms with Crippen molar-refractivity contribution < 1.29 is 9.53 Å². The maximum atomic E-state index is 11.1. The lowest BCUT2D eigenvalue weighted by Gasteiger charge is -2.11. The molecule has 0 spiro atoms. The van der Waals surface area contributed by atoms with Crippen LogP contribution < -0.4 is 15.8 Å². The molecule has 3 N–H and O–H groups in total. The second kappa shape index (κ2) is 5.71. The van der Waals surface area contributed by atoms with Gasteiger partial charge in [0.1, 0.15) is 0 Å². The number of nitrogen functional groups attached to an aromatic ring is 1. The Morgan fingerprint density at radius 2 is 2.16 bits per heavy atom. The molecule has 1 aromatic carbocycles. The third-order valence-electron chi connectivity index (χ3n) is 2.23. The number of pyridine rings is 1. The summed E-state index contributed by atoms with van der Waals surface area (Å²) in [5.74, 6) is 0.725. The Bertz CT molecular complexity index is 617. The average Bonchev–Trinajstić information content (AvgIpc) is 2.34. The number of nitrogens with zero attached hydrogens (tertiary/aromatic N) is 1. The predicted molar refractivity (Wildman–Crippen MR) is 77.2 cm³/mol. The molecule has 6 heteroatoms. The van der Waals surface area contributed by atoms with Crippen LogP contribution in [0.3, 0.4) is 0 Å². The van der Waals surface area contributed by atoms with Crippen LogP contribution in [0.5, 0.6) is 11.6 Å². The van der Waals surface area contributed by atoms with Crippen molar-refractivity contribution in [1.82, 2.24) is 4.98 Å². The quantitative estimate of drug-likeness (QED) is 0.910. The van der Waals surface area contributed by atoms with E-state index in [4.69, 9.17) is 10.5 Å². The molecule has 19 heavy (non-hydrogen) atoms. The van der Waals surface area contributed by atoms with Gasteiger partial charge in [0.15, 0.2) is 5.75 Å². The van der Waals surface area contributed by atoms with Crippen LogP contribution in [-0.4, -0.2) is 10.9 Å². The molecular weight excluding hydrogens is 310 g/mol. The summed E-state index contributed by atoms with van der Waals surface area (Å²) in [5.41, 5.74) is 6.73. The van der Waals surface area contributed by atoms with Gasteiger partial charge < -0.3 is 15.8 Å². The molecule has 0 aliphatic rings. The smallest absolute Gasteiger partial charge is 0.233 e. The SMILES string of the molecule is CC(=O)Nc1ccccc1Oc1ncc(N)cc1Br. The lowest BCUT2D eigenvalue weighted by Crippen LogP contribution is -2.07. The topological polar surface area (TPSA) is 77.2 Å². The Kier molecular flexibility index (Phi) is 4.01. The highest BCUT2D eigenvalue weighted by Gasteiger charge is 2.09. The molecule has 2 rings (SSSR count). The average molecular weight is 322 g/mol. The van der Waals surface area contributed by atoms with Crippen LogP contribution in [0.15, 0.2) is 41.0 Å². The van der Waals surface area contributed by atoms with Gasteiger partial charge >= 0.3 is 0 Å². The van der Waals surface area contributed by atoms with Gasteiger partial charge in [-0.05, 0) is 34.1 Å². The van der Waals surface area contributed by atoms with E-state index in [2.05, 4.69) is 26.2 Å². The Hall–Kier alpha value is -2.08. The fourth-order valence-corrected chi connectivity index (χ4v) is 1.92. The van der Waals surface area contributed by atoms with Crippen LogP contribution in [0.25, 0.3) is 0 Å². The molecule has 0 atom stereocenters. The molecule has 0 saturated carbocycles. The minimum Gasteiger partial charge on any atom is -0.436 e. The number of para-hydroxylation sites is 2. The zero-order valence-electron chi connectivity index (χ0n) is 10.2. The maximum Gasteiger partial charge on any atom is 0.233 e. The summed E-state index contributed by atoms with van der Waals surface area (Å²) in [4.78, 5) is 15.2. The monoisotopic (exact) mass is 321 g/mol. The minimum atomic E-state index is -0.166. The Labute approximate surface area is 118 Å². The van der Waals surface area contributed by atoms with Crippen LogP contribution in [0, 0.1) is 0 Å². The third-order valence-corrected chi connectivity index (χ3v) is 2.80. The number of halogens is 1. The molecule has 5 nitrogen and oxygen atoms in total. The summed E-state index contributed by atoms with van der Waals surface area (Å²) < 4.78 is 6.31. The van der Waals surface area contributed by atoms with Crippen LogP contribution >= 0.6 is 15.9 Å². The van der Waals surface area contributed by atoms with Gasteiger partial charge in [-0.1, -0.05) is 12.1 Å². The largest absolute Gasteiger partial charge is 0.436 e. The van der Waals surface area contributed by atoms with Crippen molar-refractivity contribution in [3.63, 3.8) is 0 Å². The van der Waals surface area contributed by atoms with E-state index in [0.717, 1.165) is 0 Å². The van der Waals surface area contributed by atoms with E-state index in [9.17, 15) is 4.79 Å². The van der Waals surface area contributed by atoms with E-state index >= 15 is 0 Å². The number of rotatable bonds is 3. The van der Waals surface area contributed by atoms with E-state index in [1.54, 1.807) is 18.2 Å². The fraction of sp³-hybridized carbons (Fsp3) is 0.0769. The van der Waals surface area contributed by atoms with E-state index < -0.39 is 0 Å². The van der Waals surface area contributed by atoms with E-state index in [1.165, 1.54) is 13.1 Å². The van der Waals surface area contributed by atoms with Crippen molar-refractivity contribution >= 4 is 33.2 Å². The van der Waals surface area contributed by atoms with Gasteiger partial charge in [-0.15, -0.1) is 0 Å². The van der Waals surface area contributed by atoms with Crippen molar-refractivity contribution in [2.45, 2.75) is 6.92 Å². The number of amides is 1. The molecule has 0 bridgehead atoms. The molecule has 1 heterocycles. The fourth-order valence-electron chi connectivity index (χ4n) is 1.47. The molecule has 0 unspecified atom stereocenters. The number of benzene rings is 1. The van der Waals surface area contributed by atoms with Crippen LogP contribution in [0.4, 0.5) is 11.4 Å². The molecule has 0 radical (unpaired) electrons. The Balaban J connectivity index is 2.30. The minimum absolute atomic E-state index is 0.166. The summed E-state index contributed by atoms with van der Waals surface area (Å²) in [6.45, 7) is 1.44. The van der Waals surface area contributed by atoms with Gasteiger partial charge in [0.25, 0.3) is 0 Å². The number of nitrogens with one attached hydrogen (secondary N) is 1. The second-order valence-corrected chi connectivity index (χ2v) is 4.69. The highest BCUT2D eigenvalue weighted by molar-refractivity contribution is 9.10. The number of hydrogen-bond acceptors (Lipinski definition) is 4. The molecule has 0 aliphatic heterocycles. The van der Waals surface area contributed by atoms with Gasteiger partial charge in [0, 0.05) is 6.92 Å². The highest BCUT2D eigenvalue weighted by atomic mass is 79.9. The van der Waals surface area contributed by atoms with Gasteiger partial charge in [0.05, 0.1) is 22.0 Å². The first-order valence-electron chi connectivity index (χ1n) is 5.52. The van der Waals surface area contributed by atoms with Crippen molar-refractivity contribution in [2.24, 2.45) is 0 Å². The second-order valence-electron chi connectivity index (χ2n) is 3.84. The Morgan fingerprint density at radius 3 is 2.84 bits per heavy atom. The first-order chi connectivity index (χ1) is 9.06. The number of hydrogen-bond donors (Lipinski definition) is 2. The number of aromatic nitrogens is 1. The molecule has 0 aliphatic carbocycles. The zero-order chi connectivity index (χ0) is 13.8. The zero-order valence-corrected chi connectivity index (χ0v) is 11.8. The standard InChI is InChI=1S/C13H12BrN3O2/c1-8(18)17-11-4-2-3-5-12(11)19-13-10(14)6-9(15)7-16-13/h2-7H,15H2,1H3,(H,17,18). The summed E-state index contributed by atoms with van der Waals surface area (Å²) >= 11 is 3.33. The molecule has 98 valence electrons. The lowest BCUT2D eigenvalue weighted by atomic mass is 10.3. The van der Waals surface area contributed by atoms with E-state index in [1.807, 2.05) is 12.1 Å². The van der Waals surface area contributed by atoms with Crippen molar-refractivity contribution in [1.29, 1.82) is 0 Å². The number of anilines is 2.